The van der Waals surface area contributed by atoms with Gasteiger partial charge in [0.2, 0.25) is 0 Å². The van der Waals surface area contributed by atoms with Gasteiger partial charge in [-0.2, -0.15) is 13.2 Å². The number of rotatable bonds is 3. The lowest BCUT2D eigenvalue weighted by Gasteiger charge is -2.36. The van der Waals surface area contributed by atoms with Crippen LogP contribution in [0.5, 0.6) is 0 Å². The Kier molecular flexibility index (Phi) is 4.04. The van der Waals surface area contributed by atoms with E-state index in [1.807, 2.05) is 6.92 Å². The first-order valence-corrected chi connectivity index (χ1v) is 5.66. The molecule has 15 heavy (non-hydrogen) atoms. The molecule has 4 heteroatoms. The van der Waals surface area contributed by atoms with Gasteiger partial charge in [-0.05, 0) is 32.1 Å². The maximum Gasteiger partial charge on any atom is 0.391 e. The van der Waals surface area contributed by atoms with Gasteiger partial charge in [-0.15, -0.1) is 0 Å². The van der Waals surface area contributed by atoms with Gasteiger partial charge in [-0.1, -0.05) is 19.8 Å². The molecule has 1 nitrogen and oxygen atoms in total. The van der Waals surface area contributed by atoms with Gasteiger partial charge in [0.05, 0.1) is 11.5 Å². The van der Waals surface area contributed by atoms with Crippen LogP contribution in [0.15, 0.2) is 0 Å². The zero-order chi connectivity index (χ0) is 11.5. The van der Waals surface area contributed by atoms with E-state index in [9.17, 15) is 18.3 Å². The van der Waals surface area contributed by atoms with E-state index in [1.54, 1.807) is 0 Å². The van der Waals surface area contributed by atoms with Crippen LogP contribution in [0.3, 0.4) is 0 Å². The molecule has 0 heterocycles. The third-order valence-corrected chi connectivity index (χ3v) is 3.37. The molecule has 0 aromatic carbocycles. The minimum absolute atomic E-state index is 0.0870. The maximum atomic E-state index is 12.4. The Morgan fingerprint density at radius 3 is 2.20 bits per heavy atom. The summed E-state index contributed by atoms with van der Waals surface area (Å²) in [6.45, 7) is 2.02. The Balaban J connectivity index is 2.41. The Bertz CT molecular complexity index is 192. The fourth-order valence-corrected chi connectivity index (χ4v) is 2.24. The average Bonchev–Trinajstić information content (AvgIpc) is 2.14. The molecule has 90 valence electrons. The third kappa shape index (κ3) is 3.67. The Labute approximate surface area is 88.7 Å². The van der Waals surface area contributed by atoms with Crippen LogP contribution in [0.2, 0.25) is 0 Å². The molecule has 1 rings (SSSR count). The standard InChI is InChI=1S/C11H19F3O/c1-2-3-6-10(15)7-4-9(5-8-10)11(12,13)14/h9,15H,2-8H2,1H3. The van der Waals surface area contributed by atoms with E-state index >= 15 is 0 Å². The Hall–Kier alpha value is -0.250. The predicted octanol–water partition coefficient (Wildman–Crippen LogP) is 3.66. The van der Waals surface area contributed by atoms with Crippen molar-refractivity contribution in [3.8, 4) is 0 Å². The molecular formula is C11H19F3O. The van der Waals surface area contributed by atoms with Crippen molar-refractivity contribution in [3.63, 3.8) is 0 Å². The van der Waals surface area contributed by atoms with Crippen molar-refractivity contribution in [3.05, 3.63) is 0 Å². The molecule has 0 saturated heterocycles. The lowest BCUT2D eigenvalue weighted by atomic mass is 9.76. The van der Waals surface area contributed by atoms with Gasteiger partial charge in [0.15, 0.2) is 0 Å². The van der Waals surface area contributed by atoms with Crippen LogP contribution in [-0.2, 0) is 0 Å². The van der Waals surface area contributed by atoms with Crippen LogP contribution in [0.1, 0.15) is 51.9 Å². The molecule has 0 radical (unpaired) electrons. The van der Waals surface area contributed by atoms with Crippen molar-refractivity contribution in [2.75, 3.05) is 0 Å². The number of alkyl halides is 3. The molecule has 0 bridgehead atoms. The van der Waals surface area contributed by atoms with Crippen molar-refractivity contribution in [2.24, 2.45) is 5.92 Å². The number of aliphatic hydroxyl groups is 1. The van der Waals surface area contributed by atoms with Crippen LogP contribution in [0.25, 0.3) is 0 Å². The molecule has 1 aliphatic rings. The number of halogens is 3. The van der Waals surface area contributed by atoms with Gasteiger partial charge in [-0.3, -0.25) is 0 Å². The molecular weight excluding hydrogens is 205 g/mol. The molecule has 0 aromatic heterocycles. The quantitative estimate of drug-likeness (QED) is 0.775. The highest BCUT2D eigenvalue weighted by Crippen LogP contribution is 2.42. The number of hydrogen-bond acceptors (Lipinski definition) is 1. The highest BCUT2D eigenvalue weighted by molar-refractivity contribution is 4.87. The summed E-state index contributed by atoms with van der Waals surface area (Å²) in [4.78, 5) is 0. The van der Waals surface area contributed by atoms with Crippen molar-refractivity contribution >= 4 is 0 Å². The molecule has 1 fully saturated rings. The van der Waals surface area contributed by atoms with E-state index in [2.05, 4.69) is 0 Å². The summed E-state index contributed by atoms with van der Waals surface area (Å²) in [5, 5.41) is 10.0. The van der Waals surface area contributed by atoms with Gasteiger partial charge in [0.1, 0.15) is 0 Å². The van der Waals surface area contributed by atoms with Crippen LogP contribution < -0.4 is 0 Å². The van der Waals surface area contributed by atoms with Crippen LogP contribution in [0, 0.1) is 5.92 Å². The minimum Gasteiger partial charge on any atom is -0.390 e. The first-order valence-electron chi connectivity index (χ1n) is 5.66. The summed E-state index contributed by atoms with van der Waals surface area (Å²) < 4.78 is 37.1. The molecule has 0 atom stereocenters. The fourth-order valence-electron chi connectivity index (χ4n) is 2.24. The summed E-state index contributed by atoms with van der Waals surface area (Å²) in [5.41, 5.74) is -0.822. The largest absolute Gasteiger partial charge is 0.391 e. The van der Waals surface area contributed by atoms with Crippen molar-refractivity contribution < 1.29 is 18.3 Å². The fraction of sp³-hybridized carbons (Fsp3) is 1.00. The second kappa shape index (κ2) is 4.73. The molecule has 1 saturated carbocycles. The highest BCUT2D eigenvalue weighted by Gasteiger charge is 2.44. The van der Waals surface area contributed by atoms with Crippen LogP contribution in [-0.4, -0.2) is 16.9 Å². The monoisotopic (exact) mass is 224 g/mol. The normalized spacial score (nSPS) is 33.0. The van der Waals surface area contributed by atoms with Crippen LogP contribution in [0.4, 0.5) is 13.2 Å². The lowest BCUT2D eigenvalue weighted by molar-refractivity contribution is -0.192. The molecule has 0 aromatic rings. The molecule has 0 amide bonds. The van der Waals surface area contributed by atoms with Gasteiger partial charge >= 0.3 is 6.18 Å². The molecule has 0 spiro atoms. The lowest BCUT2D eigenvalue weighted by Crippen LogP contribution is -2.38. The first kappa shape index (κ1) is 12.8. The van der Waals surface area contributed by atoms with E-state index in [4.69, 9.17) is 0 Å². The van der Waals surface area contributed by atoms with Crippen molar-refractivity contribution in [1.82, 2.24) is 0 Å². The second-order valence-electron chi connectivity index (χ2n) is 4.64. The maximum absolute atomic E-state index is 12.4. The second-order valence-corrected chi connectivity index (χ2v) is 4.64. The Morgan fingerprint density at radius 2 is 1.80 bits per heavy atom. The number of hydrogen-bond donors (Lipinski definition) is 1. The van der Waals surface area contributed by atoms with Gasteiger partial charge in [0, 0.05) is 0 Å². The summed E-state index contributed by atoms with van der Waals surface area (Å²) in [6.07, 6.45) is -0.778. The third-order valence-electron chi connectivity index (χ3n) is 3.37. The van der Waals surface area contributed by atoms with Gasteiger partial charge in [-0.25, -0.2) is 0 Å². The van der Waals surface area contributed by atoms with E-state index in [0.717, 1.165) is 12.8 Å². The van der Waals surface area contributed by atoms with E-state index in [-0.39, 0.29) is 12.8 Å². The zero-order valence-corrected chi connectivity index (χ0v) is 9.11. The predicted molar refractivity (Wildman–Crippen MR) is 52.5 cm³/mol. The van der Waals surface area contributed by atoms with E-state index in [0.29, 0.717) is 19.3 Å². The summed E-state index contributed by atoms with van der Waals surface area (Å²) in [5.74, 6) is -1.19. The molecule has 0 unspecified atom stereocenters. The number of unbranched alkanes of at least 4 members (excludes halogenated alkanes) is 1. The highest BCUT2D eigenvalue weighted by atomic mass is 19.4. The molecule has 0 aliphatic heterocycles. The average molecular weight is 224 g/mol. The Morgan fingerprint density at radius 1 is 1.27 bits per heavy atom. The first-order chi connectivity index (χ1) is 6.87. The van der Waals surface area contributed by atoms with Gasteiger partial charge < -0.3 is 5.11 Å². The minimum atomic E-state index is -4.08. The summed E-state index contributed by atoms with van der Waals surface area (Å²) >= 11 is 0. The zero-order valence-electron chi connectivity index (χ0n) is 9.11. The smallest absolute Gasteiger partial charge is 0.390 e. The van der Waals surface area contributed by atoms with E-state index < -0.39 is 17.7 Å². The SMILES string of the molecule is CCCCC1(O)CCC(C(F)(F)F)CC1. The topological polar surface area (TPSA) is 20.2 Å². The van der Waals surface area contributed by atoms with Gasteiger partial charge in [0.25, 0.3) is 0 Å². The summed E-state index contributed by atoms with van der Waals surface area (Å²) in [6, 6.07) is 0. The van der Waals surface area contributed by atoms with Crippen molar-refractivity contribution in [1.29, 1.82) is 0 Å². The van der Waals surface area contributed by atoms with Crippen LogP contribution >= 0.6 is 0 Å². The van der Waals surface area contributed by atoms with E-state index in [1.165, 1.54) is 0 Å². The molecule has 1 N–H and O–H groups in total. The van der Waals surface area contributed by atoms with Crippen molar-refractivity contribution in [2.45, 2.75) is 63.6 Å². The molecule has 1 aliphatic carbocycles. The summed E-state index contributed by atoms with van der Waals surface area (Å²) in [7, 11) is 0.